The normalized spacial score (nSPS) is 22.7. The van der Waals surface area contributed by atoms with Gasteiger partial charge in [-0.2, -0.15) is 16.7 Å². The highest BCUT2D eigenvalue weighted by molar-refractivity contribution is 7.99. The summed E-state index contributed by atoms with van der Waals surface area (Å²) in [5.41, 5.74) is 0. The third-order valence-corrected chi connectivity index (χ3v) is 4.34. The van der Waals surface area contributed by atoms with E-state index < -0.39 is 0 Å². The number of aromatic nitrogens is 2. The van der Waals surface area contributed by atoms with Gasteiger partial charge in [-0.25, -0.2) is 0 Å². The smallest absolute Gasteiger partial charge is 0.234 e. The fraction of sp³-hybridized carbons (Fsp3) is 0.714. The lowest BCUT2D eigenvalue weighted by atomic mass is 10.2. The fourth-order valence-corrected chi connectivity index (χ4v) is 3.53. The van der Waals surface area contributed by atoms with Gasteiger partial charge in [-0.1, -0.05) is 6.92 Å². The SMILES string of the molecule is CCSC1CCC(Nc2cncc(OC(C)C)n2)C1. The number of nitrogens with zero attached hydrogens (tertiary/aromatic N) is 2. The first-order valence-electron chi connectivity index (χ1n) is 7.04. The Bertz CT molecular complexity index is 400. The number of thioether (sulfide) groups is 1. The van der Waals surface area contributed by atoms with Gasteiger partial charge in [0.2, 0.25) is 5.88 Å². The second-order valence-corrected chi connectivity index (χ2v) is 6.72. The molecule has 0 bridgehead atoms. The number of ether oxygens (including phenoxy) is 1. The van der Waals surface area contributed by atoms with Gasteiger partial charge in [-0.3, -0.25) is 4.98 Å². The van der Waals surface area contributed by atoms with Crippen molar-refractivity contribution in [2.24, 2.45) is 0 Å². The van der Waals surface area contributed by atoms with Gasteiger partial charge in [0, 0.05) is 11.3 Å². The lowest BCUT2D eigenvalue weighted by Crippen LogP contribution is -2.17. The topological polar surface area (TPSA) is 47.0 Å². The molecule has 19 heavy (non-hydrogen) atoms. The Labute approximate surface area is 119 Å². The van der Waals surface area contributed by atoms with E-state index in [1.54, 1.807) is 12.4 Å². The van der Waals surface area contributed by atoms with Crippen molar-refractivity contribution in [1.82, 2.24) is 9.97 Å². The van der Waals surface area contributed by atoms with E-state index in [-0.39, 0.29) is 6.10 Å². The average Bonchev–Trinajstić information content (AvgIpc) is 2.76. The molecule has 1 aromatic heterocycles. The van der Waals surface area contributed by atoms with Crippen LogP contribution >= 0.6 is 11.8 Å². The molecule has 2 rings (SSSR count). The van der Waals surface area contributed by atoms with Crippen molar-refractivity contribution in [1.29, 1.82) is 0 Å². The molecule has 1 aromatic rings. The summed E-state index contributed by atoms with van der Waals surface area (Å²) < 4.78 is 5.56. The Hall–Kier alpha value is -0.970. The maximum atomic E-state index is 5.56. The summed E-state index contributed by atoms with van der Waals surface area (Å²) in [5.74, 6) is 2.62. The van der Waals surface area contributed by atoms with Gasteiger partial charge in [0.1, 0.15) is 5.82 Å². The average molecular weight is 281 g/mol. The van der Waals surface area contributed by atoms with Crippen LogP contribution < -0.4 is 10.1 Å². The summed E-state index contributed by atoms with van der Waals surface area (Å²) >= 11 is 2.06. The third kappa shape index (κ3) is 4.56. The molecule has 0 radical (unpaired) electrons. The quantitative estimate of drug-likeness (QED) is 0.866. The molecule has 1 N–H and O–H groups in total. The van der Waals surface area contributed by atoms with Crippen LogP contribution in [0.15, 0.2) is 12.4 Å². The molecular weight excluding hydrogens is 258 g/mol. The van der Waals surface area contributed by atoms with Crippen LogP contribution in [0.2, 0.25) is 0 Å². The fourth-order valence-electron chi connectivity index (χ4n) is 2.38. The minimum atomic E-state index is 0.126. The van der Waals surface area contributed by atoms with Crippen molar-refractivity contribution in [3.05, 3.63) is 12.4 Å². The number of anilines is 1. The lowest BCUT2D eigenvalue weighted by Gasteiger charge is -2.14. The molecule has 1 heterocycles. The predicted octanol–water partition coefficient (Wildman–Crippen LogP) is 3.35. The Morgan fingerprint density at radius 1 is 1.42 bits per heavy atom. The summed E-state index contributed by atoms with van der Waals surface area (Å²) in [6, 6.07) is 0.521. The second kappa shape index (κ2) is 6.98. The Morgan fingerprint density at radius 3 is 3.00 bits per heavy atom. The minimum Gasteiger partial charge on any atom is -0.474 e. The van der Waals surface area contributed by atoms with Gasteiger partial charge in [0.25, 0.3) is 0 Å². The second-order valence-electron chi connectivity index (χ2n) is 5.14. The number of hydrogen-bond acceptors (Lipinski definition) is 5. The molecule has 0 amide bonds. The van der Waals surface area contributed by atoms with Crippen LogP contribution in [0.1, 0.15) is 40.0 Å². The van der Waals surface area contributed by atoms with Crippen LogP contribution in [0.25, 0.3) is 0 Å². The molecule has 4 nitrogen and oxygen atoms in total. The molecule has 0 aromatic carbocycles. The van der Waals surface area contributed by atoms with Crippen molar-refractivity contribution in [3.63, 3.8) is 0 Å². The van der Waals surface area contributed by atoms with E-state index in [1.165, 1.54) is 25.0 Å². The molecule has 5 heteroatoms. The highest BCUT2D eigenvalue weighted by Crippen LogP contribution is 2.31. The third-order valence-electron chi connectivity index (χ3n) is 3.11. The van der Waals surface area contributed by atoms with Gasteiger partial charge >= 0.3 is 0 Å². The van der Waals surface area contributed by atoms with E-state index in [2.05, 4.69) is 34.0 Å². The van der Waals surface area contributed by atoms with Crippen molar-refractivity contribution in [2.45, 2.75) is 57.4 Å². The summed E-state index contributed by atoms with van der Waals surface area (Å²) in [4.78, 5) is 8.62. The molecule has 2 atom stereocenters. The first-order valence-corrected chi connectivity index (χ1v) is 8.09. The van der Waals surface area contributed by atoms with Crippen LogP contribution in [0.4, 0.5) is 5.82 Å². The van der Waals surface area contributed by atoms with Crippen molar-refractivity contribution < 1.29 is 4.74 Å². The Kier molecular flexibility index (Phi) is 5.31. The molecule has 2 unspecified atom stereocenters. The molecule has 1 saturated carbocycles. The summed E-state index contributed by atoms with van der Waals surface area (Å²) in [5, 5.41) is 4.27. The van der Waals surface area contributed by atoms with Gasteiger partial charge in [0.05, 0.1) is 18.5 Å². The zero-order valence-corrected chi connectivity index (χ0v) is 12.7. The van der Waals surface area contributed by atoms with E-state index in [0.29, 0.717) is 11.9 Å². The maximum absolute atomic E-state index is 5.56. The molecule has 1 aliphatic rings. The van der Waals surface area contributed by atoms with E-state index in [9.17, 15) is 0 Å². The van der Waals surface area contributed by atoms with E-state index in [1.807, 2.05) is 13.8 Å². The highest BCUT2D eigenvalue weighted by atomic mass is 32.2. The maximum Gasteiger partial charge on any atom is 0.234 e. The van der Waals surface area contributed by atoms with Crippen molar-refractivity contribution in [2.75, 3.05) is 11.1 Å². The number of nitrogens with one attached hydrogen (secondary N) is 1. The minimum absolute atomic E-state index is 0.126. The Morgan fingerprint density at radius 2 is 2.26 bits per heavy atom. The van der Waals surface area contributed by atoms with E-state index >= 15 is 0 Å². The van der Waals surface area contributed by atoms with Gasteiger partial charge in [-0.05, 0) is 38.9 Å². The Balaban J connectivity index is 1.89. The molecular formula is C14H23N3OS. The first-order chi connectivity index (χ1) is 9.17. The van der Waals surface area contributed by atoms with Crippen LogP contribution in [-0.4, -0.2) is 33.1 Å². The van der Waals surface area contributed by atoms with E-state index in [0.717, 1.165) is 11.1 Å². The standard InChI is InChI=1S/C14H23N3OS/c1-4-19-12-6-5-11(7-12)16-13-8-15-9-14(17-13)18-10(2)3/h8-12H,4-7H2,1-3H3,(H,16,17). The lowest BCUT2D eigenvalue weighted by molar-refractivity contribution is 0.232. The molecule has 0 aliphatic heterocycles. The monoisotopic (exact) mass is 281 g/mol. The summed E-state index contributed by atoms with van der Waals surface area (Å²) in [6.07, 6.45) is 7.29. The molecule has 0 saturated heterocycles. The van der Waals surface area contributed by atoms with Crippen molar-refractivity contribution in [3.8, 4) is 5.88 Å². The molecule has 1 aliphatic carbocycles. The summed E-state index contributed by atoms with van der Waals surface area (Å²) in [6.45, 7) is 6.21. The van der Waals surface area contributed by atoms with Crippen molar-refractivity contribution >= 4 is 17.6 Å². The zero-order chi connectivity index (χ0) is 13.7. The molecule has 106 valence electrons. The summed E-state index contributed by atoms with van der Waals surface area (Å²) in [7, 11) is 0. The molecule has 1 fully saturated rings. The zero-order valence-electron chi connectivity index (χ0n) is 11.9. The number of rotatable bonds is 6. The van der Waals surface area contributed by atoms with Crippen LogP contribution in [-0.2, 0) is 0 Å². The van der Waals surface area contributed by atoms with E-state index in [4.69, 9.17) is 4.74 Å². The first kappa shape index (κ1) is 14.4. The van der Waals surface area contributed by atoms with Gasteiger partial charge in [-0.15, -0.1) is 0 Å². The largest absolute Gasteiger partial charge is 0.474 e. The van der Waals surface area contributed by atoms with Crippen LogP contribution in [0.5, 0.6) is 5.88 Å². The molecule has 0 spiro atoms. The van der Waals surface area contributed by atoms with Gasteiger partial charge < -0.3 is 10.1 Å². The van der Waals surface area contributed by atoms with Gasteiger partial charge in [0.15, 0.2) is 0 Å². The highest BCUT2D eigenvalue weighted by Gasteiger charge is 2.24. The van der Waals surface area contributed by atoms with Crippen LogP contribution in [0.3, 0.4) is 0 Å². The number of hydrogen-bond donors (Lipinski definition) is 1. The van der Waals surface area contributed by atoms with Crippen LogP contribution in [0, 0.1) is 0 Å². The predicted molar refractivity (Wildman–Crippen MR) is 81.0 cm³/mol.